The average Bonchev–Trinajstić information content (AvgIpc) is 2.46. The van der Waals surface area contributed by atoms with Gasteiger partial charge in [0.2, 0.25) is 0 Å². The van der Waals surface area contributed by atoms with Gasteiger partial charge in [-0.1, -0.05) is 63.4 Å². The average molecular weight is 410 g/mol. The van der Waals surface area contributed by atoms with E-state index in [9.17, 15) is 8.42 Å². The smallest absolute Gasteiger partial charge is 0.257 e. The Labute approximate surface area is 142 Å². The first-order valence-electron chi connectivity index (χ1n) is 5.93. The molecule has 2 aromatic carbocycles. The van der Waals surface area contributed by atoms with Crippen molar-refractivity contribution in [2.24, 2.45) is 0 Å². The molecule has 0 aliphatic carbocycles. The second-order valence-electron chi connectivity index (χ2n) is 4.17. The molecule has 2 aromatic rings. The van der Waals surface area contributed by atoms with Gasteiger partial charge in [-0.05, 0) is 24.3 Å². The molecule has 0 saturated carbocycles. The summed E-state index contributed by atoms with van der Waals surface area (Å²) in [5.41, 5.74) is 0.553. The van der Waals surface area contributed by atoms with Crippen LogP contribution in [0.1, 0.15) is 11.7 Å². The normalized spacial score (nSPS) is 13.1. The van der Waals surface area contributed by atoms with Crippen LogP contribution in [0.15, 0.2) is 53.4 Å². The van der Waals surface area contributed by atoms with Crippen molar-refractivity contribution < 1.29 is 12.6 Å². The Morgan fingerprint density at radius 3 is 2.33 bits per heavy atom. The van der Waals surface area contributed by atoms with Crippen molar-refractivity contribution in [1.82, 2.24) is 0 Å². The lowest BCUT2D eigenvalue weighted by Crippen LogP contribution is -2.14. The number of benzene rings is 2. The largest absolute Gasteiger partial charge is 0.297 e. The van der Waals surface area contributed by atoms with Crippen LogP contribution in [-0.4, -0.2) is 13.7 Å². The molecule has 0 N–H and O–H groups in total. The summed E-state index contributed by atoms with van der Waals surface area (Å²) in [6.45, 7) is 0. The zero-order chi connectivity index (χ0) is 15.5. The second kappa shape index (κ2) is 7.11. The Bertz CT molecular complexity index is 720. The van der Waals surface area contributed by atoms with E-state index in [1.165, 1.54) is 12.1 Å². The number of halogens is 3. The van der Waals surface area contributed by atoms with Crippen LogP contribution in [0, 0.1) is 0 Å². The lowest BCUT2D eigenvalue weighted by Gasteiger charge is -2.17. The maximum absolute atomic E-state index is 12.2. The van der Waals surface area contributed by atoms with E-state index >= 15 is 0 Å². The summed E-state index contributed by atoms with van der Waals surface area (Å²) >= 11 is 15.2. The quantitative estimate of drug-likeness (QED) is 0.524. The zero-order valence-corrected chi connectivity index (χ0v) is 14.6. The first-order chi connectivity index (χ1) is 9.94. The van der Waals surface area contributed by atoms with E-state index in [-0.39, 0.29) is 10.2 Å². The van der Waals surface area contributed by atoms with Crippen molar-refractivity contribution in [2.45, 2.75) is 11.0 Å². The lowest BCUT2D eigenvalue weighted by atomic mass is 10.1. The number of hydrogen-bond acceptors (Lipinski definition) is 3. The highest BCUT2D eigenvalue weighted by Crippen LogP contribution is 2.32. The van der Waals surface area contributed by atoms with Gasteiger partial charge in [-0.3, -0.25) is 4.18 Å². The van der Waals surface area contributed by atoms with Gasteiger partial charge in [0, 0.05) is 20.9 Å². The van der Waals surface area contributed by atoms with Crippen molar-refractivity contribution in [3.63, 3.8) is 0 Å². The van der Waals surface area contributed by atoms with Crippen LogP contribution in [0.3, 0.4) is 0 Å². The van der Waals surface area contributed by atoms with Gasteiger partial charge in [0.1, 0.15) is 6.10 Å². The molecule has 0 aliphatic heterocycles. The first kappa shape index (κ1) is 16.8. The summed E-state index contributed by atoms with van der Waals surface area (Å²) < 4.78 is 29.8. The van der Waals surface area contributed by atoms with Gasteiger partial charge < -0.3 is 0 Å². The molecular weight excluding hydrogens is 399 g/mol. The van der Waals surface area contributed by atoms with Gasteiger partial charge in [-0.2, -0.15) is 8.42 Å². The van der Waals surface area contributed by atoms with Crippen molar-refractivity contribution in [2.75, 3.05) is 5.33 Å². The molecule has 21 heavy (non-hydrogen) atoms. The van der Waals surface area contributed by atoms with Crippen LogP contribution in [0.5, 0.6) is 0 Å². The molecule has 0 radical (unpaired) electrons. The Morgan fingerprint density at radius 1 is 1.10 bits per heavy atom. The molecule has 7 heteroatoms. The fourth-order valence-electron chi connectivity index (χ4n) is 1.72. The van der Waals surface area contributed by atoms with Crippen LogP contribution in [-0.2, 0) is 14.3 Å². The van der Waals surface area contributed by atoms with E-state index < -0.39 is 16.2 Å². The highest BCUT2D eigenvalue weighted by Gasteiger charge is 2.24. The van der Waals surface area contributed by atoms with Crippen LogP contribution in [0.25, 0.3) is 0 Å². The van der Waals surface area contributed by atoms with E-state index in [2.05, 4.69) is 15.9 Å². The summed E-state index contributed by atoms with van der Waals surface area (Å²) in [5, 5.41) is 1.11. The second-order valence-corrected chi connectivity index (χ2v) is 7.24. The van der Waals surface area contributed by atoms with Gasteiger partial charge >= 0.3 is 0 Å². The number of alkyl halides is 1. The van der Waals surface area contributed by atoms with E-state index in [0.29, 0.717) is 15.6 Å². The molecule has 112 valence electrons. The van der Waals surface area contributed by atoms with Crippen LogP contribution in [0.2, 0.25) is 10.0 Å². The molecule has 0 aromatic heterocycles. The molecule has 1 atom stereocenters. The van der Waals surface area contributed by atoms with Crippen LogP contribution >= 0.6 is 39.1 Å². The molecule has 0 bridgehead atoms. The van der Waals surface area contributed by atoms with Crippen molar-refractivity contribution in [3.05, 3.63) is 64.1 Å². The Balaban J connectivity index is 2.31. The minimum absolute atomic E-state index is 0.0982. The van der Waals surface area contributed by atoms with Crippen molar-refractivity contribution in [1.29, 1.82) is 0 Å². The maximum atomic E-state index is 12.2. The summed E-state index contributed by atoms with van der Waals surface area (Å²) in [6, 6.07) is 12.8. The van der Waals surface area contributed by atoms with Crippen LogP contribution in [0.4, 0.5) is 0 Å². The molecular formula is C14H11BrCl2O3S. The lowest BCUT2D eigenvalue weighted by molar-refractivity contribution is 0.240. The van der Waals surface area contributed by atoms with E-state index in [0.717, 1.165) is 0 Å². The van der Waals surface area contributed by atoms with Gasteiger partial charge in [-0.15, -0.1) is 0 Å². The molecule has 0 heterocycles. The Kier molecular flexibility index (Phi) is 5.68. The fraction of sp³-hybridized carbons (Fsp3) is 0.143. The zero-order valence-electron chi connectivity index (χ0n) is 10.7. The Morgan fingerprint density at radius 2 is 1.76 bits per heavy atom. The molecule has 3 nitrogen and oxygen atoms in total. The minimum atomic E-state index is -3.87. The predicted octanol–water partition coefficient (Wildman–Crippen LogP) is 4.83. The van der Waals surface area contributed by atoms with E-state index in [1.54, 1.807) is 36.4 Å². The molecule has 1 unspecified atom stereocenters. The minimum Gasteiger partial charge on any atom is -0.257 e. The summed E-state index contributed by atoms with van der Waals surface area (Å²) in [4.78, 5) is 0.0982. The molecule has 0 aliphatic rings. The highest BCUT2D eigenvalue weighted by atomic mass is 79.9. The topological polar surface area (TPSA) is 43.4 Å². The SMILES string of the molecule is O=S(=O)(OC(CBr)c1ccc(Cl)cc1Cl)c1ccccc1. The van der Waals surface area contributed by atoms with Gasteiger partial charge in [0.05, 0.1) is 4.90 Å². The standard InChI is InChI=1S/C14H11BrCl2O3S/c15-9-14(12-7-6-10(16)8-13(12)17)20-21(18,19)11-4-2-1-3-5-11/h1-8,14H,9H2. The van der Waals surface area contributed by atoms with Gasteiger partial charge in [0.25, 0.3) is 10.1 Å². The third kappa shape index (κ3) is 4.20. The molecule has 0 spiro atoms. The fourth-order valence-corrected chi connectivity index (χ4v) is 3.98. The van der Waals surface area contributed by atoms with E-state index in [1.807, 2.05) is 0 Å². The monoisotopic (exact) mass is 408 g/mol. The third-order valence-corrected chi connectivity index (χ3v) is 5.21. The molecule has 2 rings (SSSR count). The van der Waals surface area contributed by atoms with Crippen LogP contribution < -0.4 is 0 Å². The summed E-state index contributed by atoms with van der Waals surface area (Å²) in [7, 11) is -3.87. The predicted molar refractivity (Wildman–Crippen MR) is 87.7 cm³/mol. The number of rotatable bonds is 5. The highest BCUT2D eigenvalue weighted by molar-refractivity contribution is 9.09. The maximum Gasteiger partial charge on any atom is 0.297 e. The summed E-state index contributed by atoms with van der Waals surface area (Å²) in [6.07, 6.45) is -0.736. The molecule has 0 saturated heterocycles. The van der Waals surface area contributed by atoms with E-state index in [4.69, 9.17) is 27.4 Å². The summed E-state index contributed by atoms with van der Waals surface area (Å²) in [5.74, 6) is 0. The third-order valence-electron chi connectivity index (χ3n) is 2.72. The first-order valence-corrected chi connectivity index (χ1v) is 9.22. The Hall–Kier alpha value is -0.590. The van der Waals surface area contributed by atoms with Gasteiger partial charge in [-0.25, -0.2) is 0 Å². The molecule has 0 amide bonds. The number of hydrogen-bond donors (Lipinski definition) is 0. The van der Waals surface area contributed by atoms with Crippen molar-refractivity contribution in [3.8, 4) is 0 Å². The van der Waals surface area contributed by atoms with Gasteiger partial charge in [0.15, 0.2) is 0 Å². The van der Waals surface area contributed by atoms with Crippen molar-refractivity contribution >= 4 is 49.2 Å². The molecule has 0 fully saturated rings.